The molecule has 1 fully saturated rings. The van der Waals surface area contributed by atoms with E-state index in [1.54, 1.807) is 0 Å². The molecule has 1 N–H and O–H groups in total. The SMILES string of the molecule is CCc1ccc(CNC(=O)CCc2nnc(CCC(C)C)n2C2CC2)cc1. The van der Waals surface area contributed by atoms with E-state index in [1.807, 2.05) is 0 Å². The molecular formula is C22H32N4O. The maximum absolute atomic E-state index is 12.3. The number of aryl methyl sites for hydroxylation is 3. The van der Waals surface area contributed by atoms with Gasteiger partial charge in [-0.15, -0.1) is 10.2 Å². The molecule has 1 aromatic carbocycles. The van der Waals surface area contributed by atoms with Crippen LogP contribution in [0.5, 0.6) is 0 Å². The third-order valence-electron chi connectivity index (χ3n) is 5.19. The fourth-order valence-electron chi connectivity index (χ4n) is 3.28. The summed E-state index contributed by atoms with van der Waals surface area (Å²) in [4.78, 5) is 12.3. The third-order valence-corrected chi connectivity index (χ3v) is 5.19. The zero-order chi connectivity index (χ0) is 19.2. The van der Waals surface area contributed by atoms with Gasteiger partial charge in [0.2, 0.25) is 5.91 Å². The molecular weight excluding hydrogens is 336 g/mol. The van der Waals surface area contributed by atoms with Crippen molar-refractivity contribution in [3.63, 3.8) is 0 Å². The lowest BCUT2D eigenvalue weighted by atomic mass is 10.1. The molecule has 1 saturated carbocycles. The zero-order valence-corrected chi connectivity index (χ0v) is 16.9. The first-order chi connectivity index (χ1) is 13.1. The summed E-state index contributed by atoms with van der Waals surface area (Å²) < 4.78 is 2.30. The monoisotopic (exact) mass is 368 g/mol. The first-order valence-corrected chi connectivity index (χ1v) is 10.3. The first kappa shape index (κ1) is 19.6. The Hall–Kier alpha value is -2.17. The maximum atomic E-state index is 12.3. The summed E-state index contributed by atoms with van der Waals surface area (Å²) >= 11 is 0. The lowest BCUT2D eigenvalue weighted by Gasteiger charge is -2.10. The highest BCUT2D eigenvalue weighted by molar-refractivity contribution is 5.76. The first-order valence-electron chi connectivity index (χ1n) is 10.3. The van der Waals surface area contributed by atoms with Crippen LogP contribution in [0.15, 0.2) is 24.3 Å². The van der Waals surface area contributed by atoms with Crippen molar-refractivity contribution < 1.29 is 4.79 Å². The molecule has 1 amide bonds. The molecule has 27 heavy (non-hydrogen) atoms. The Labute approximate surface area is 162 Å². The Bertz CT molecular complexity index is 744. The maximum Gasteiger partial charge on any atom is 0.220 e. The highest BCUT2D eigenvalue weighted by atomic mass is 16.1. The van der Waals surface area contributed by atoms with Crippen molar-refractivity contribution in [3.8, 4) is 0 Å². The summed E-state index contributed by atoms with van der Waals surface area (Å²) in [6, 6.07) is 8.97. The van der Waals surface area contributed by atoms with Crippen LogP contribution in [0.4, 0.5) is 0 Å². The number of benzene rings is 1. The number of hydrogen-bond donors (Lipinski definition) is 1. The molecule has 1 aromatic heterocycles. The minimum atomic E-state index is 0.0728. The van der Waals surface area contributed by atoms with Gasteiger partial charge < -0.3 is 9.88 Å². The van der Waals surface area contributed by atoms with Gasteiger partial charge in [0.05, 0.1) is 0 Å². The molecule has 0 saturated heterocycles. The number of nitrogens with one attached hydrogen (secondary N) is 1. The van der Waals surface area contributed by atoms with E-state index in [0.29, 0.717) is 31.3 Å². The van der Waals surface area contributed by atoms with Crippen molar-refractivity contribution >= 4 is 5.91 Å². The van der Waals surface area contributed by atoms with Crippen LogP contribution in [0, 0.1) is 5.92 Å². The quantitative estimate of drug-likeness (QED) is 0.689. The van der Waals surface area contributed by atoms with Crippen LogP contribution in [-0.2, 0) is 30.6 Å². The van der Waals surface area contributed by atoms with E-state index in [9.17, 15) is 4.79 Å². The Kier molecular flexibility index (Phi) is 6.64. The second kappa shape index (κ2) is 9.16. The molecule has 0 radical (unpaired) electrons. The number of aromatic nitrogens is 3. The van der Waals surface area contributed by atoms with Gasteiger partial charge in [-0.2, -0.15) is 0 Å². The smallest absolute Gasteiger partial charge is 0.220 e. The van der Waals surface area contributed by atoms with E-state index in [4.69, 9.17) is 0 Å². The fraction of sp³-hybridized carbons (Fsp3) is 0.591. The van der Waals surface area contributed by atoms with E-state index in [2.05, 4.69) is 65.1 Å². The van der Waals surface area contributed by atoms with Crippen molar-refractivity contribution in [2.24, 2.45) is 5.92 Å². The predicted molar refractivity (Wildman–Crippen MR) is 107 cm³/mol. The van der Waals surface area contributed by atoms with E-state index in [1.165, 1.54) is 18.4 Å². The number of amides is 1. The minimum Gasteiger partial charge on any atom is -0.352 e. The topological polar surface area (TPSA) is 59.8 Å². The molecule has 5 nitrogen and oxygen atoms in total. The fourth-order valence-corrected chi connectivity index (χ4v) is 3.28. The second-order valence-corrected chi connectivity index (χ2v) is 8.01. The lowest BCUT2D eigenvalue weighted by molar-refractivity contribution is -0.121. The van der Waals surface area contributed by atoms with Gasteiger partial charge in [0.15, 0.2) is 0 Å². The average molecular weight is 369 g/mol. The van der Waals surface area contributed by atoms with E-state index < -0.39 is 0 Å². The van der Waals surface area contributed by atoms with Gasteiger partial charge in [0.25, 0.3) is 0 Å². The van der Waals surface area contributed by atoms with Crippen molar-refractivity contribution in [2.75, 3.05) is 0 Å². The zero-order valence-electron chi connectivity index (χ0n) is 16.9. The summed E-state index contributed by atoms with van der Waals surface area (Å²) in [7, 11) is 0. The van der Waals surface area contributed by atoms with Crippen LogP contribution in [-0.4, -0.2) is 20.7 Å². The summed E-state index contributed by atoms with van der Waals surface area (Å²) in [5, 5.41) is 11.8. The van der Waals surface area contributed by atoms with Gasteiger partial charge in [0, 0.05) is 31.8 Å². The van der Waals surface area contributed by atoms with Gasteiger partial charge in [-0.05, 0) is 42.7 Å². The Morgan fingerprint density at radius 3 is 2.33 bits per heavy atom. The Morgan fingerprint density at radius 1 is 1.11 bits per heavy atom. The number of carbonyl (C=O) groups is 1. The van der Waals surface area contributed by atoms with Gasteiger partial charge in [-0.25, -0.2) is 0 Å². The van der Waals surface area contributed by atoms with Crippen molar-refractivity contribution in [2.45, 2.75) is 78.3 Å². The van der Waals surface area contributed by atoms with Gasteiger partial charge in [-0.3, -0.25) is 4.79 Å². The molecule has 1 aliphatic carbocycles. The largest absolute Gasteiger partial charge is 0.352 e. The van der Waals surface area contributed by atoms with Crippen LogP contribution in [0.1, 0.15) is 75.3 Å². The standard InChI is InChI=1S/C22H32N4O/c1-4-17-6-8-18(9-7-17)15-23-22(27)14-13-21-25-24-20(12-5-16(2)3)26(21)19-10-11-19/h6-9,16,19H,4-5,10-15H2,1-3H3,(H,23,27). The second-order valence-electron chi connectivity index (χ2n) is 8.01. The van der Waals surface area contributed by atoms with Crippen LogP contribution in [0.25, 0.3) is 0 Å². The van der Waals surface area contributed by atoms with E-state index in [0.717, 1.165) is 36.5 Å². The summed E-state index contributed by atoms with van der Waals surface area (Å²) in [6.07, 6.45) is 6.67. The van der Waals surface area contributed by atoms with Crippen LogP contribution < -0.4 is 5.32 Å². The molecule has 0 unspecified atom stereocenters. The number of rotatable bonds is 10. The number of hydrogen-bond acceptors (Lipinski definition) is 3. The van der Waals surface area contributed by atoms with Crippen molar-refractivity contribution in [1.29, 1.82) is 0 Å². The molecule has 0 aliphatic heterocycles. The van der Waals surface area contributed by atoms with E-state index >= 15 is 0 Å². The van der Waals surface area contributed by atoms with Crippen LogP contribution in [0.2, 0.25) is 0 Å². The number of nitrogens with zero attached hydrogens (tertiary/aromatic N) is 3. The minimum absolute atomic E-state index is 0.0728. The third kappa shape index (κ3) is 5.65. The van der Waals surface area contributed by atoms with Crippen molar-refractivity contribution in [1.82, 2.24) is 20.1 Å². The average Bonchev–Trinajstić information content (AvgIpc) is 3.43. The van der Waals surface area contributed by atoms with Crippen LogP contribution >= 0.6 is 0 Å². The van der Waals surface area contributed by atoms with E-state index in [-0.39, 0.29) is 5.91 Å². The Morgan fingerprint density at radius 2 is 1.74 bits per heavy atom. The normalized spacial score (nSPS) is 13.9. The molecule has 146 valence electrons. The Balaban J connectivity index is 1.50. The summed E-state index contributed by atoms with van der Waals surface area (Å²) in [5.74, 6) is 2.80. The van der Waals surface area contributed by atoms with Crippen molar-refractivity contribution in [3.05, 3.63) is 47.0 Å². The molecule has 2 aromatic rings. The molecule has 1 heterocycles. The van der Waals surface area contributed by atoms with Crippen LogP contribution in [0.3, 0.4) is 0 Å². The molecule has 0 atom stereocenters. The van der Waals surface area contributed by atoms with Gasteiger partial charge >= 0.3 is 0 Å². The summed E-state index contributed by atoms with van der Waals surface area (Å²) in [6.45, 7) is 7.20. The molecule has 0 spiro atoms. The van der Waals surface area contributed by atoms with Gasteiger partial charge in [-0.1, -0.05) is 45.0 Å². The molecule has 1 aliphatic rings. The summed E-state index contributed by atoms with van der Waals surface area (Å²) in [5.41, 5.74) is 2.45. The molecule has 5 heteroatoms. The highest BCUT2D eigenvalue weighted by Gasteiger charge is 2.29. The predicted octanol–water partition coefficient (Wildman–Crippen LogP) is 4.01. The molecule has 3 rings (SSSR count). The highest BCUT2D eigenvalue weighted by Crippen LogP contribution is 2.37. The molecule has 0 bridgehead atoms. The number of carbonyl (C=O) groups excluding carboxylic acids is 1. The van der Waals surface area contributed by atoms with Gasteiger partial charge in [0.1, 0.15) is 11.6 Å². The lowest BCUT2D eigenvalue weighted by Crippen LogP contribution is -2.23.